The highest BCUT2D eigenvalue weighted by Gasteiger charge is 2.12. The second kappa shape index (κ2) is 6.87. The van der Waals surface area contributed by atoms with Crippen LogP contribution in [0.5, 0.6) is 0 Å². The van der Waals surface area contributed by atoms with E-state index >= 15 is 0 Å². The predicted molar refractivity (Wildman–Crippen MR) is 81.8 cm³/mol. The van der Waals surface area contributed by atoms with Gasteiger partial charge in [0.1, 0.15) is 0 Å². The van der Waals surface area contributed by atoms with Crippen LogP contribution in [0.2, 0.25) is 0 Å². The van der Waals surface area contributed by atoms with E-state index in [1.54, 1.807) is 0 Å². The summed E-state index contributed by atoms with van der Waals surface area (Å²) in [5.41, 5.74) is 1.18. The summed E-state index contributed by atoms with van der Waals surface area (Å²) in [6.07, 6.45) is 4.15. The Morgan fingerprint density at radius 2 is 2.16 bits per heavy atom. The van der Waals surface area contributed by atoms with Gasteiger partial charge in [-0.15, -0.1) is 11.3 Å². The molecule has 1 atom stereocenters. The van der Waals surface area contributed by atoms with Crippen molar-refractivity contribution in [1.82, 2.24) is 15.1 Å². The zero-order valence-electron chi connectivity index (χ0n) is 12.0. The lowest BCUT2D eigenvalue weighted by Gasteiger charge is -2.16. The molecule has 0 aliphatic rings. The van der Waals surface area contributed by atoms with Crippen molar-refractivity contribution in [2.75, 3.05) is 6.54 Å². The zero-order chi connectivity index (χ0) is 13.7. The normalized spacial score (nSPS) is 13.1. The molecule has 2 aromatic rings. The minimum absolute atomic E-state index is 0.434. The van der Waals surface area contributed by atoms with E-state index in [0.717, 1.165) is 19.4 Å². The number of hydrogen-bond donors (Lipinski definition) is 1. The summed E-state index contributed by atoms with van der Waals surface area (Å²) >= 11 is 1.83. The van der Waals surface area contributed by atoms with Crippen LogP contribution in [-0.4, -0.2) is 22.4 Å². The first kappa shape index (κ1) is 14.3. The molecule has 0 aromatic carbocycles. The van der Waals surface area contributed by atoms with E-state index in [-0.39, 0.29) is 0 Å². The minimum atomic E-state index is 0.434. The average Bonchev–Trinajstić information content (AvgIpc) is 3.00. The molecule has 0 aliphatic heterocycles. The third kappa shape index (κ3) is 4.18. The third-order valence-electron chi connectivity index (χ3n) is 3.17. The van der Waals surface area contributed by atoms with Crippen molar-refractivity contribution in [2.45, 2.75) is 45.7 Å². The van der Waals surface area contributed by atoms with Gasteiger partial charge < -0.3 is 5.32 Å². The van der Waals surface area contributed by atoms with Crippen LogP contribution >= 0.6 is 11.3 Å². The summed E-state index contributed by atoms with van der Waals surface area (Å²) in [4.78, 5) is 1.44. The molecule has 0 saturated heterocycles. The highest BCUT2D eigenvalue weighted by atomic mass is 32.1. The second-order valence-electron chi connectivity index (χ2n) is 5.12. The zero-order valence-corrected chi connectivity index (χ0v) is 12.8. The van der Waals surface area contributed by atoms with Gasteiger partial charge in [0, 0.05) is 29.6 Å². The Morgan fingerprint density at radius 1 is 1.32 bits per heavy atom. The number of nitrogens with zero attached hydrogens (tertiary/aromatic N) is 2. The van der Waals surface area contributed by atoms with Gasteiger partial charge in [-0.3, -0.25) is 4.68 Å². The van der Waals surface area contributed by atoms with Gasteiger partial charge in [-0.2, -0.15) is 5.10 Å². The molecule has 3 nitrogen and oxygen atoms in total. The van der Waals surface area contributed by atoms with Crippen molar-refractivity contribution in [3.05, 3.63) is 40.3 Å². The van der Waals surface area contributed by atoms with E-state index < -0.39 is 0 Å². The van der Waals surface area contributed by atoms with Gasteiger partial charge in [-0.1, -0.05) is 13.0 Å². The monoisotopic (exact) mass is 277 g/mol. The van der Waals surface area contributed by atoms with Gasteiger partial charge in [-0.25, -0.2) is 0 Å². The molecule has 2 rings (SSSR count). The summed E-state index contributed by atoms with van der Waals surface area (Å²) in [6, 6.07) is 7.37. The fourth-order valence-corrected chi connectivity index (χ4v) is 2.99. The molecule has 0 radical (unpaired) electrons. The molecule has 2 aromatic heterocycles. The van der Waals surface area contributed by atoms with Gasteiger partial charge in [0.15, 0.2) is 0 Å². The molecule has 0 fully saturated rings. The first-order valence-corrected chi connectivity index (χ1v) is 7.86. The second-order valence-corrected chi connectivity index (χ2v) is 6.16. The molecule has 2 heterocycles. The van der Waals surface area contributed by atoms with E-state index in [1.807, 2.05) is 16.0 Å². The number of likely N-dealkylation sites (N-methyl/N-ethyl adjacent to an activating group) is 1. The predicted octanol–water partition coefficient (Wildman–Crippen LogP) is 3.29. The highest BCUT2D eigenvalue weighted by molar-refractivity contribution is 7.09. The summed E-state index contributed by atoms with van der Waals surface area (Å²) in [5, 5.41) is 10.4. The van der Waals surface area contributed by atoms with E-state index in [4.69, 9.17) is 0 Å². The van der Waals surface area contributed by atoms with E-state index in [0.29, 0.717) is 12.1 Å². The lowest BCUT2D eigenvalue weighted by molar-refractivity contribution is 0.496. The van der Waals surface area contributed by atoms with Crippen molar-refractivity contribution >= 4 is 11.3 Å². The minimum Gasteiger partial charge on any atom is -0.314 e. The molecule has 104 valence electrons. The summed E-state index contributed by atoms with van der Waals surface area (Å²) in [7, 11) is 0. The number of thiophene rings is 1. The fourth-order valence-electron chi connectivity index (χ4n) is 2.20. The number of hydrogen-bond acceptors (Lipinski definition) is 3. The molecule has 0 amide bonds. The van der Waals surface area contributed by atoms with Gasteiger partial charge in [-0.05, 0) is 44.3 Å². The van der Waals surface area contributed by atoms with Gasteiger partial charge in [0.2, 0.25) is 0 Å². The van der Waals surface area contributed by atoms with E-state index in [1.165, 1.54) is 10.6 Å². The maximum atomic E-state index is 4.64. The molecule has 1 unspecified atom stereocenters. The van der Waals surface area contributed by atoms with Crippen molar-refractivity contribution in [1.29, 1.82) is 0 Å². The summed E-state index contributed by atoms with van der Waals surface area (Å²) in [6.45, 7) is 7.48. The molecule has 0 saturated carbocycles. The Morgan fingerprint density at radius 3 is 2.74 bits per heavy atom. The maximum absolute atomic E-state index is 4.64. The average molecular weight is 277 g/mol. The van der Waals surface area contributed by atoms with Crippen LogP contribution in [0, 0.1) is 0 Å². The first-order chi connectivity index (χ1) is 9.19. The molecule has 4 heteroatoms. The van der Waals surface area contributed by atoms with E-state index in [9.17, 15) is 0 Å². The highest BCUT2D eigenvalue weighted by Crippen LogP contribution is 2.14. The lowest BCUT2D eigenvalue weighted by atomic mass is 10.1. The topological polar surface area (TPSA) is 29.9 Å². The quantitative estimate of drug-likeness (QED) is 0.841. The molecular formula is C15H23N3S. The van der Waals surface area contributed by atoms with Crippen molar-refractivity contribution < 1.29 is 0 Å². The van der Waals surface area contributed by atoms with Crippen LogP contribution in [-0.2, 0) is 12.8 Å². The fraction of sp³-hybridized carbons (Fsp3) is 0.533. The summed E-state index contributed by atoms with van der Waals surface area (Å²) < 4.78 is 2.03. The maximum Gasteiger partial charge on any atom is 0.0640 e. The third-order valence-corrected chi connectivity index (χ3v) is 4.07. The Hall–Kier alpha value is -1.13. The molecule has 0 spiro atoms. The molecule has 1 N–H and O–H groups in total. The molecule has 19 heavy (non-hydrogen) atoms. The Bertz CT molecular complexity index is 473. The van der Waals surface area contributed by atoms with Crippen LogP contribution in [0.4, 0.5) is 0 Å². The van der Waals surface area contributed by atoms with Gasteiger partial charge in [0.25, 0.3) is 0 Å². The van der Waals surface area contributed by atoms with Crippen LogP contribution in [0.25, 0.3) is 0 Å². The molecule has 0 bridgehead atoms. The van der Waals surface area contributed by atoms with E-state index in [2.05, 4.69) is 61.0 Å². The number of nitrogens with one attached hydrogen (secondary N) is 1. The largest absolute Gasteiger partial charge is 0.314 e. The van der Waals surface area contributed by atoms with Crippen LogP contribution in [0.1, 0.15) is 37.4 Å². The summed E-state index contributed by atoms with van der Waals surface area (Å²) in [5.74, 6) is 0. The Balaban J connectivity index is 1.98. The number of rotatable bonds is 7. The first-order valence-electron chi connectivity index (χ1n) is 6.98. The smallest absolute Gasteiger partial charge is 0.0640 e. The SMILES string of the molecule is CCNC(Cc1ccn(C(C)C)n1)Cc1cccs1. The van der Waals surface area contributed by atoms with Crippen molar-refractivity contribution in [2.24, 2.45) is 0 Å². The lowest BCUT2D eigenvalue weighted by Crippen LogP contribution is -2.33. The van der Waals surface area contributed by atoms with Crippen molar-refractivity contribution in [3.63, 3.8) is 0 Å². The Kier molecular flexibility index (Phi) is 5.16. The van der Waals surface area contributed by atoms with Crippen molar-refractivity contribution in [3.8, 4) is 0 Å². The van der Waals surface area contributed by atoms with Crippen LogP contribution < -0.4 is 5.32 Å². The Labute approximate surface area is 119 Å². The van der Waals surface area contributed by atoms with Crippen LogP contribution in [0.3, 0.4) is 0 Å². The van der Waals surface area contributed by atoms with Crippen LogP contribution in [0.15, 0.2) is 29.8 Å². The molecular weight excluding hydrogens is 254 g/mol. The van der Waals surface area contributed by atoms with Gasteiger partial charge >= 0.3 is 0 Å². The molecule has 0 aliphatic carbocycles. The number of aromatic nitrogens is 2. The standard InChI is InChI=1S/C15H23N3S/c1-4-16-14(11-15-6-5-9-19-15)10-13-7-8-18(17-13)12(2)3/h5-9,12,14,16H,4,10-11H2,1-3H3. The van der Waals surface area contributed by atoms with Gasteiger partial charge in [0.05, 0.1) is 5.69 Å².